The maximum Gasteiger partial charge on any atom is 0.234 e. The molecule has 0 spiro atoms. The molecule has 0 atom stereocenters. The zero-order valence-corrected chi connectivity index (χ0v) is 16.8. The third-order valence-electron chi connectivity index (χ3n) is 3.60. The van der Waals surface area contributed by atoms with Gasteiger partial charge in [0.15, 0.2) is 5.16 Å². The number of nitrogens with one attached hydrogen (secondary N) is 1. The number of carbonyl (C=O) groups excluding carboxylic acids is 1. The van der Waals surface area contributed by atoms with Crippen LogP contribution in [0.15, 0.2) is 53.7 Å². The van der Waals surface area contributed by atoms with Gasteiger partial charge in [-0.05, 0) is 72.3 Å². The molecule has 0 unspecified atom stereocenters. The average Bonchev–Trinajstić information content (AvgIpc) is 2.97. The Morgan fingerprint density at radius 1 is 1.16 bits per heavy atom. The van der Waals surface area contributed by atoms with E-state index < -0.39 is 0 Å². The van der Waals surface area contributed by atoms with Gasteiger partial charge in [0.25, 0.3) is 0 Å². The van der Waals surface area contributed by atoms with Gasteiger partial charge in [0, 0.05) is 14.9 Å². The number of rotatable bonds is 5. The van der Waals surface area contributed by atoms with E-state index in [4.69, 9.17) is 0 Å². The molecule has 1 aromatic heterocycles. The highest BCUT2D eigenvalue weighted by Gasteiger charge is 2.13. The third-order valence-corrected chi connectivity index (χ3v) is 5.20. The number of benzene rings is 2. The van der Waals surface area contributed by atoms with E-state index in [1.54, 1.807) is 0 Å². The normalized spacial score (nSPS) is 10.7. The standard InChI is InChI=1S/C18H17IN4OS/c1-12-10-14(19)8-9-16(12)20-17(24)11-25-18-22-21-13(2)23(18)15-6-4-3-5-7-15/h3-10H,11H2,1-2H3,(H,20,24). The molecule has 0 radical (unpaired) electrons. The molecular weight excluding hydrogens is 447 g/mol. The fourth-order valence-electron chi connectivity index (χ4n) is 2.39. The monoisotopic (exact) mass is 464 g/mol. The largest absolute Gasteiger partial charge is 0.325 e. The Morgan fingerprint density at radius 2 is 1.92 bits per heavy atom. The second-order valence-electron chi connectivity index (χ2n) is 5.50. The van der Waals surface area contributed by atoms with E-state index >= 15 is 0 Å². The van der Waals surface area contributed by atoms with Crippen LogP contribution in [0, 0.1) is 17.4 Å². The predicted molar refractivity (Wildman–Crippen MR) is 109 cm³/mol. The number of hydrogen-bond donors (Lipinski definition) is 1. The van der Waals surface area contributed by atoms with Crippen LogP contribution in [0.5, 0.6) is 0 Å². The maximum atomic E-state index is 12.3. The minimum absolute atomic E-state index is 0.0606. The first-order valence-corrected chi connectivity index (χ1v) is 9.77. The highest BCUT2D eigenvalue weighted by atomic mass is 127. The average molecular weight is 464 g/mol. The van der Waals surface area contributed by atoms with Gasteiger partial charge in [0.1, 0.15) is 5.82 Å². The summed E-state index contributed by atoms with van der Waals surface area (Å²) in [4.78, 5) is 12.3. The zero-order chi connectivity index (χ0) is 17.8. The number of thioether (sulfide) groups is 1. The van der Waals surface area contributed by atoms with E-state index in [0.717, 1.165) is 26.3 Å². The summed E-state index contributed by atoms with van der Waals surface area (Å²) >= 11 is 3.63. The van der Waals surface area contributed by atoms with Crippen molar-refractivity contribution >= 4 is 45.9 Å². The van der Waals surface area contributed by atoms with Crippen LogP contribution >= 0.6 is 34.4 Å². The van der Waals surface area contributed by atoms with Crippen molar-refractivity contribution in [1.29, 1.82) is 0 Å². The molecule has 1 N–H and O–H groups in total. The Balaban J connectivity index is 1.69. The Bertz CT molecular complexity index is 895. The van der Waals surface area contributed by atoms with Crippen molar-refractivity contribution < 1.29 is 4.79 Å². The van der Waals surface area contributed by atoms with Crippen LogP contribution in [0.4, 0.5) is 5.69 Å². The van der Waals surface area contributed by atoms with Gasteiger partial charge in [-0.2, -0.15) is 0 Å². The molecule has 0 saturated heterocycles. The fraction of sp³-hybridized carbons (Fsp3) is 0.167. The lowest BCUT2D eigenvalue weighted by Crippen LogP contribution is -2.15. The van der Waals surface area contributed by atoms with Crippen LogP contribution in [0.3, 0.4) is 0 Å². The molecule has 0 aliphatic rings. The summed E-state index contributed by atoms with van der Waals surface area (Å²) in [6, 6.07) is 15.8. The molecule has 3 aromatic rings. The van der Waals surface area contributed by atoms with Gasteiger partial charge in [-0.25, -0.2) is 0 Å². The summed E-state index contributed by atoms with van der Waals surface area (Å²) in [5.74, 6) is 1.01. The lowest BCUT2D eigenvalue weighted by Gasteiger charge is -2.10. The van der Waals surface area contributed by atoms with Gasteiger partial charge < -0.3 is 5.32 Å². The van der Waals surface area contributed by atoms with E-state index in [9.17, 15) is 4.79 Å². The number of aromatic nitrogens is 3. The quantitative estimate of drug-likeness (QED) is 0.454. The van der Waals surface area contributed by atoms with Gasteiger partial charge in [-0.3, -0.25) is 9.36 Å². The van der Waals surface area contributed by atoms with E-state index in [2.05, 4.69) is 38.1 Å². The van der Waals surface area contributed by atoms with Crippen LogP contribution in [0.2, 0.25) is 0 Å². The van der Waals surface area contributed by atoms with Crippen molar-refractivity contribution in [2.75, 3.05) is 11.1 Å². The van der Waals surface area contributed by atoms with Gasteiger partial charge in [0.2, 0.25) is 5.91 Å². The van der Waals surface area contributed by atoms with Crippen molar-refractivity contribution in [2.24, 2.45) is 0 Å². The minimum Gasteiger partial charge on any atom is -0.325 e. The van der Waals surface area contributed by atoms with Crippen LogP contribution in [0.25, 0.3) is 5.69 Å². The molecule has 2 aromatic carbocycles. The number of carbonyl (C=O) groups is 1. The summed E-state index contributed by atoms with van der Waals surface area (Å²) in [7, 11) is 0. The third kappa shape index (κ3) is 4.40. The molecule has 25 heavy (non-hydrogen) atoms. The first kappa shape index (κ1) is 17.9. The van der Waals surface area contributed by atoms with E-state index in [1.807, 2.05) is 66.9 Å². The number of nitrogens with zero attached hydrogens (tertiary/aromatic N) is 3. The number of halogens is 1. The predicted octanol–water partition coefficient (Wildman–Crippen LogP) is 4.22. The highest BCUT2D eigenvalue weighted by Crippen LogP contribution is 2.23. The molecule has 7 heteroatoms. The summed E-state index contributed by atoms with van der Waals surface area (Å²) in [5.41, 5.74) is 2.88. The van der Waals surface area contributed by atoms with Crippen LogP contribution in [-0.4, -0.2) is 26.4 Å². The first-order valence-electron chi connectivity index (χ1n) is 7.71. The van der Waals surface area contributed by atoms with Crippen LogP contribution in [-0.2, 0) is 4.79 Å². The van der Waals surface area contributed by atoms with Gasteiger partial charge in [0.05, 0.1) is 5.75 Å². The molecule has 3 rings (SSSR count). The van der Waals surface area contributed by atoms with Crippen molar-refractivity contribution in [1.82, 2.24) is 14.8 Å². The second-order valence-corrected chi connectivity index (χ2v) is 7.68. The molecule has 5 nitrogen and oxygen atoms in total. The molecule has 0 aliphatic heterocycles. The Labute approximate surface area is 164 Å². The fourth-order valence-corrected chi connectivity index (χ4v) is 3.84. The zero-order valence-electron chi connectivity index (χ0n) is 13.9. The molecular formula is C18H17IN4OS. The Kier molecular flexibility index (Phi) is 5.74. The van der Waals surface area contributed by atoms with Gasteiger partial charge in [-0.15, -0.1) is 10.2 Å². The van der Waals surface area contributed by atoms with Crippen LogP contribution < -0.4 is 5.32 Å². The lowest BCUT2D eigenvalue weighted by atomic mass is 10.2. The SMILES string of the molecule is Cc1cc(I)ccc1NC(=O)CSc1nnc(C)n1-c1ccccc1. The summed E-state index contributed by atoms with van der Waals surface area (Å²) in [5, 5.41) is 12.0. The minimum atomic E-state index is -0.0606. The Hall–Kier alpha value is -1.87. The number of para-hydroxylation sites is 1. The summed E-state index contributed by atoms with van der Waals surface area (Å²) in [6.45, 7) is 3.89. The summed E-state index contributed by atoms with van der Waals surface area (Å²) < 4.78 is 3.10. The molecule has 128 valence electrons. The van der Waals surface area contributed by atoms with Crippen molar-refractivity contribution in [3.63, 3.8) is 0 Å². The molecule has 1 heterocycles. The van der Waals surface area contributed by atoms with Crippen molar-refractivity contribution in [3.8, 4) is 5.69 Å². The Morgan fingerprint density at radius 3 is 2.64 bits per heavy atom. The molecule has 0 fully saturated rings. The lowest BCUT2D eigenvalue weighted by molar-refractivity contribution is -0.113. The van der Waals surface area contributed by atoms with Gasteiger partial charge in [-0.1, -0.05) is 30.0 Å². The number of amides is 1. The maximum absolute atomic E-state index is 12.3. The highest BCUT2D eigenvalue weighted by molar-refractivity contribution is 14.1. The van der Waals surface area contributed by atoms with E-state index in [-0.39, 0.29) is 11.7 Å². The molecule has 0 saturated carbocycles. The smallest absolute Gasteiger partial charge is 0.234 e. The molecule has 1 amide bonds. The second kappa shape index (κ2) is 8.01. The van der Waals surface area contributed by atoms with E-state index in [1.165, 1.54) is 11.8 Å². The first-order chi connectivity index (χ1) is 12.0. The van der Waals surface area contributed by atoms with E-state index in [0.29, 0.717) is 5.16 Å². The summed E-state index contributed by atoms with van der Waals surface area (Å²) in [6.07, 6.45) is 0. The van der Waals surface area contributed by atoms with Crippen molar-refractivity contribution in [3.05, 3.63) is 63.5 Å². The number of anilines is 1. The molecule has 0 bridgehead atoms. The topological polar surface area (TPSA) is 59.8 Å². The number of aryl methyl sites for hydroxylation is 2. The number of hydrogen-bond acceptors (Lipinski definition) is 4. The van der Waals surface area contributed by atoms with Crippen LogP contribution in [0.1, 0.15) is 11.4 Å². The molecule has 0 aliphatic carbocycles. The van der Waals surface area contributed by atoms with Gasteiger partial charge >= 0.3 is 0 Å². The van der Waals surface area contributed by atoms with Crippen molar-refractivity contribution in [2.45, 2.75) is 19.0 Å².